The van der Waals surface area contributed by atoms with Crippen LogP contribution in [-0.2, 0) is 16.0 Å². The summed E-state index contributed by atoms with van der Waals surface area (Å²) in [7, 11) is 0. The molecule has 5 rings (SSSR count). The number of hydrogen-bond donors (Lipinski definition) is 2. The molecule has 2 aliphatic rings. The Hall–Kier alpha value is -3.04. The summed E-state index contributed by atoms with van der Waals surface area (Å²) in [4.78, 5) is 34.7. The van der Waals surface area contributed by atoms with Crippen LogP contribution in [0.1, 0.15) is 29.9 Å². The lowest BCUT2D eigenvalue weighted by Crippen LogP contribution is -2.69. The number of nitrogens with one attached hydrogen (secondary N) is 2. The first-order valence-corrected chi connectivity index (χ1v) is 11.5. The second kappa shape index (κ2) is 9.68. The van der Waals surface area contributed by atoms with Gasteiger partial charge in [0.1, 0.15) is 17.4 Å². The minimum absolute atomic E-state index is 0.0101. The zero-order valence-electron chi connectivity index (χ0n) is 18.8. The SMILES string of the molecule is CC.O=C(NC(Cc1cccc(F)c1F)C(=O)N1CC2(COC2)C1)c1cc2cc(Cl)cnc2[nH]1. The van der Waals surface area contributed by atoms with Crippen LogP contribution in [0.3, 0.4) is 0 Å². The number of hydrogen-bond acceptors (Lipinski definition) is 4. The smallest absolute Gasteiger partial charge is 0.268 e. The zero-order chi connectivity index (χ0) is 24.5. The maximum Gasteiger partial charge on any atom is 0.268 e. The molecule has 1 unspecified atom stereocenters. The van der Waals surface area contributed by atoms with Crippen LogP contribution in [-0.4, -0.2) is 59.0 Å². The Balaban J connectivity index is 0.00000133. The number of ether oxygens (including phenoxy) is 1. The van der Waals surface area contributed by atoms with Crippen LogP contribution >= 0.6 is 11.6 Å². The highest BCUT2D eigenvalue weighted by Crippen LogP contribution is 2.38. The maximum absolute atomic E-state index is 14.3. The van der Waals surface area contributed by atoms with Crippen molar-refractivity contribution in [3.05, 3.63) is 64.4 Å². The van der Waals surface area contributed by atoms with E-state index in [2.05, 4.69) is 15.3 Å². The van der Waals surface area contributed by atoms with Crippen LogP contribution in [0.25, 0.3) is 11.0 Å². The van der Waals surface area contributed by atoms with Gasteiger partial charge in [-0.15, -0.1) is 0 Å². The van der Waals surface area contributed by atoms with Gasteiger partial charge in [-0.05, 0) is 23.8 Å². The van der Waals surface area contributed by atoms with Crippen molar-refractivity contribution < 1.29 is 23.1 Å². The summed E-state index contributed by atoms with van der Waals surface area (Å²) < 4.78 is 33.2. The van der Waals surface area contributed by atoms with Crippen molar-refractivity contribution in [2.75, 3.05) is 26.3 Å². The second-order valence-corrected chi connectivity index (χ2v) is 8.84. The number of H-pyrrole nitrogens is 1. The maximum atomic E-state index is 14.3. The topological polar surface area (TPSA) is 87.3 Å². The molecule has 4 heterocycles. The summed E-state index contributed by atoms with van der Waals surface area (Å²) in [6, 6.07) is 5.93. The van der Waals surface area contributed by atoms with Gasteiger partial charge in [-0.3, -0.25) is 9.59 Å². The number of amides is 2. The van der Waals surface area contributed by atoms with E-state index >= 15 is 0 Å². The molecular formula is C24H25ClF2N4O3. The molecule has 7 nitrogen and oxygen atoms in total. The fraction of sp³-hybridized carbons (Fsp3) is 0.375. The number of halogens is 3. The predicted octanol–water partition coefficient (Wildman–Crippen LogP) is 3.72. The molecule has 0 radical (unpaired) electrons. The van der Waals surface area contributed by atoms with E-state index < -0.39 is 23.6 Å². The van der Waals surface area contributed by atoms with E-state index in [-0.39, 0.29) is 29.0 Å². The van der Waals surface area contributed by atoms with Gasteiger partial charge in [-0.25, -0.2) is 13.8 Å². The van der Waals surface area contributed by atoms with Crippen molar-refractivity contribution in [1.82, 2.24) is 20.2 Å². The number of carbonyl (C=O) groups excluding carboxylic acids is 2. The van der Waals surface area contributed by atoms with E-state index in [1.54, 1.807) is 17.0 Å². The number of rotatable bonds is 5. The van der Waals surface area contributed by atoms with E-state index in [9.17, 15) is 18.4 Å². The number of aromatic nitrogens is 2. The van der Waals surface area contributed by atoms with Gasteiger partial charge in [0.15, 0.2) is 11.6 Å². The fourth-order valence-corrected chi connectivity index (χ4v) is 4.35. The second-order valence-electron chi connectivity index (χ2n) is 8.40. The lowest BCUT2D eigenvalue weighted by atomic mass is 9.77. The lowest BCUT2D eigenvalue weighted by molar-refractivity contribution is -0.196. The highest BCUT2D eigenvalue weighted by Gasteiger charge is 2.51. The van der Waals surface area contributed by atoms with Crippen LogP contribution in [0, 0.1) is 17.0 Å². The molecule has 0 saturated carbocycles. The Morgan fingerprint density at radius 1 is 1.26 bits per heavy atom. The number of fused-ring (bicyclic) bond motifs is 1. The zero-order valence-corrected chi connectivity index (χ0v) is 19.6. The van der Waals surface area contributed by atoms with E-state index in [1.807, 2.05) is 13.8 Å². The third-order valence-corrected chi connectivity index (χ3v) is 6.13. The molecule has 2 amide bonds. The Kier molecular flexibility index (Phi) is 6.86. The van der Waals surface area contributed by atoms with Crippen LogP contribution < -0.4 is 5.32 Å². The highest BCUT2D eigenvalue weighted by atomic mass is 35.5. The number of nitrogens with zero attached hydrogens (tertiary/aromatic N) is 2. The van der Waals surface area contributed by atoms with Gasteiger partial charge in [0, 0.05) is 31.1 Å². The molecule has 2 saturated heterocycles. The van der Waals surface area contributed by atoms with Gasteiger partial charge in [-0.2, -0.15) is 0 Å². The highest BCUT2D eigenvalue weighted by molar-refractivity contribution is 6.31. The molecule has 2 N–H and O–H groups in total. The Bertz CT molecular complexity index is 1220. The third kappa shape index (κ3) is 4.63. The molecule has 2 aliphatic heterocycles. The summed E-state index contributed by atoms with van der Waals surface area (Å²) in [5, 5.41) is 3.73. The van der Waals surface area contributed by atoms with Crippen LogP contribution in [0.2, 0.25) is 5.02 Å². The molecule has 3 aromatic rings. The van der Waals surface area contributed by atoms with Crippen molar-refractivity contribution in [2.45, 2.75) is 26.3 Å². The summed E-state index contributed by atoms with van der Waals surface area (Å²) in [6.45, 7) is 6.21. The molecule has 0 aliphatic carbocycles. The minimum Gasteiger partial charge on any atom is -0.380 e. The Labute approximate surface area is 200 Å². The van der Waals surface area contributed by atoms with E-state index in [4.69, 9.17) is 16.3 Å². The van der Waals surface area contributed by atoms with E-state index in [0.29, 0.717) is 42.4 Å². The molecular weight excluding hydrogens is 466 g/mol. The van der Waals surface area contributed by atoms with Crippen LogP contribution in [0.5, 0.6) is 0 Å². The number of aromatic amines is 1. The number of likely N-dealkylation sites (tertiary alicyclic amines) is 1. The molecule has 1 atom stereocenters. The summed E-state index contributed by atoms with van der Waals surface area (Å²) in [5.41, 5.74) is 0.639. The quantitative estimate of drug-likeness (QED) is 0.570. The van der Waals surface area contributed by atoms with Gasteiger partial charge in [-0.1, -0.05) is 37.6 Å². The standard InChI is InChI=1S/C22H19ClF2N4O3.C2H6/c23-14-4-13-6-16(27-19(13)26-7-14)20(30)28-17(5-12-2-1-3-15(24)18(12)25)21(31)29-8-22(9-29)10-32-11-22;1-2/h1-4,6-7,17H,5,8-11H2,(H,26,27)(H,28,30);1-2H3. The average Bonchev–Trinajstić information content (AvgIpc) is 3.19. The van der Waals surface area contributed by atoms with Crippen molar-refractivity contribution in [2.24, 2.45) is 5.41 Å². The largest absolute Gasteiger partial charge is 0.380 e. The van der Waals surface area contributed by atoms with Crippen molar-refractivity contribution in [1.29, 1.82) is 0 Å². The molecule has 34 heavy (non-hydrogen) atoms. The number of carbonyl (C=O) groups is 2. The molecule has 1 spiro atoms. The van der Waals surface area contributed by atoms with Gasteiger partial charge < -0.3 is 19.9 Å². The Morgan fingerprint density at radius 2 is 2.00 bits per heavy atom. The molecule has 0 bridgehead atoms. The molecule has 2 fully saturated rings. The monoisotopic (exact) mass is 490 g/mol. The van der Waals surface area contributed by atoms with Gasteiger partial charge in [0.2, 0.25) is 5.91 Å². The van der Waals surface area contributed by atoms with Crippen molar-refractivity contribution in [3.8, 4) is 0 Å². The summed E-state index contributed by atoms with van der Waals surface area (Å²) in [6.07, 6.45) is 1.27. The van der Waals surface area contributed by atoms with E-state index in [1.165, 1.54) is 18.3 Å². The molecule has 1 aromatic carbocycles. The summed E-state index contributed by atoms with van der Waals surface area (Å²) >= 11 is 5.95. The van der Waals surface area contributed by atoms with Crippen molar-refractivity contribution in [3.63, 3.8) is 0 Å². The van der Waals surface area contributed by atoms with Crippen LogP contribution in [0.15, 0.2) is 36.5 Å². The van der Waals surface area contributed by atoms with Crippen LogP contribution in [0.4, 0.5) is 8.78 Å². The summed E-state index contributed by atoms with van der Waals surface area (Å²) in [5.74, 6) is -2.95. The van der Waals surface area contributed by atoms with Gasteiger partial charge in [0.05, 0.1) is 23.7 Å². The number of pyridine rings is 1. The van der Waals surface area contributed by atoms with Crippen molar-refractivity contribution >= 4 is 34.4 Å². The number of benzene rings is 1. The first-order valence-electron chi connectivity index (χ1n) is 11.1. The fourth-order valence-electron chi connectivity index (χ4n) is 4.19. The minimum atomic E-state index is -1.07. The normalized spacial score (nSPS) is 16.8. The van der Waals surface area contributed by atoms with E-state index in [0.717, 1.165) is 6.07 Å². The first kappa shape index (κ1) is 24.1. The Morgan fingerprint density at radius 3 is 2.68 bits per heavy atom. The van der Waals surface area contributed by atoms with Gasteiger partial charge >= 0.3 is 0 Å². The molecule has 10 heteroatoms. The molecule has 2 aromatic heterocycles. The lowest BCUT2D eigenvalue weighted by Gasteiger charge is -2.55. The first-order chi connectivity index (χ1) is 16.3. The average molecular weight is 491 g/mol. The third-order valence-electron chi connectivity index (χ3n) is 5.92. The van der Waals surface area contributed by atoms with Gasteiger partial charge in [0.25, 0.3) is 5.91 Å². The predicted molar refractivity (Wildman–Crippen MR) is 124 cm³/mol. The molecule has 180 valence electrons.